The van der Waals surface area contributed by atoms with Crippen LogP contribution in [0.3, 0.4) is 0 Å². The summed E-state index contributed by atoms with van der Waals surface area (Å²) in [6.45, 7) is 3.22. The average Bonchev–Trinajstić information content (AvgIpc) is 2.32. The minimum Gasteiger partial charge on any atom is -0.484 e. The summed E-state index contributed by atoms with van der Waals surface area (Å²) in [6, 6.07) is 2.83. The number of hydrogen-bond donors (Lipinski definition) is 1. The van der Waals surface area contributed by atoms with Crippen molar-refractivity contribution < 1.29 is 32.4 Å². The van der Waals surface area contributed by atoms with Gasteiger partial charge in [0.25, 0.3) is 5.69 Å². The maximum Gasteiger partial charge on any atom is 0.422 e. The van der Waals surface area contributed by atoms with Crippen molar-refractivity contribution in [2.24, 2.45) is 0 Å². The van der Waals surface area contributed by atoms with E-state index in [-0.39, 0.29) is 5.69 Å². The Morgan fingerprint density at radius 1 is 1.26 bits per heavy atom. The first-order valence-electron chi connectivity index (χ1n) is 6.35. The zero-order valence-electron chi connectivity index (χ0n) is 12.6. The van der Waals surface area contributed by atoms with Gasteiger partial charge in [0.1, 0.15) is 11.4 Å². The number of nitro groups is 1. The van der Waals surface area contributed by atoms with Gasteiger partial charge in [0.15, 0.2) is 6.61 Å². The number of non-ortho nitro benzene ring substituents is 1. The van der Waals surface area contributed by atoms with Gasteiger partial charge in [-0.15, -0.1) is 0 Å². The zero-order chi connectivity index (χ0) is 17.8. The lowest BCUT2D eigenvalue weighted by Crippen LogP contribution is -2.27. The van der Waals surface area contributed by atoms with Crippen LogP contribution in [0.15, 0.2) is 18.2 Å². The molecule has 1 aromatic carbocycles. The number of rotatable bonds is 4. The fourth-order valence-corrected chi connectivity index (χ4v) is 1.43. The van der Waals surface area contributed by atoms with E-state index in [0.717, 1.165) is 18.2 Å². The first-order valence-corrected chi connectivity index (χ1v) is 6.35. The van der Waals surface area contributed by atoms with Crippen molar-refractivity contribution in [2.45, 2.75) is 32.5 Å². The third-order valence-corrected chi connectivity index (χ3v) is 2.15. The zero-order valence-corrected chi connectivity index (χ0v) is 12.6. The molecule has 0 heterocycles. The molecule has 0 aliphatic rings. The lowest BCUT2D eigenvalue weighted by Gasteiger charge is -2.19. The number of nitro benzene ring substituents is 1. The predicted molar refractivity (Wildman–Crippen MR) is 74.5 cm³/mol. The van der Waals surface area contributed by atoms with E-state index in [9.17, 15) is 28.1 Å². The normalized spacial score (nSPS) is 11.7. The van der Waals surface area contributed by atoms with Crippen LogP contribution in [-0.2, 0) is 4.74 Å². The van der Waals surface area contributed by atoms with Gasteiger partial charge in [-0.3, -0.25) is 15.4 Å². The van der Waals surface area contributed by atoms with E-state index in [4.69, 9.17) is 4.74 Å². The Kier molecular flexibility index (Phi) is 5.41. The predicted octanol–water partition coefficient (Wildman–Crippen LogP) is 3.88. The number of hydrogen-bond acceptors (Lipinski definition) is 5. The monoisotopic (exact) mass is 336 g/mol. The summed E-state index contributed by atoms with van der Waals surface area (Å²) in [6.07, 6.45) is -5.50. The van der Waals surface area contributed by atoms with Gasteiger partial charge in [0.2, 0.25) is 0 Å². The summed E-state index contributed by atoms with van der Waals surface area (Å²) < 4.78 is 45.9. The van der Waals surface area contributed by atoms with Crippen molar-refractivity contribution in [1.82, 2.24) is 0 Å². The van der Waals surface area contributed by atoms with Crippen molar-refractivity contribution >= 4 is 17.5 Å². The van der Waals surface area contributed by atoms with Crippen LogP contribution in [0.1, 0.15) is 20.8 Å². The first-order chi connectivity index (χ1) is 10.4. The topological polar surface area (TPSA) is 90.7 Å². The standard InChI is InChI=1S/C13H15F3N2O5/c1-12(2,3)23-11(19)17-8-4-9(18(20)21)6-10(5-8)22-7-13(14,15)16/h4-6H,7H2,1-3H3,(H,17,19). The fourth-order valence-electron chi connectivity index (χ4n) is 1.43. The summed E-state index contributed by atoms with van der Waals surface area (Å²) in [5.41, 5.74) is -1.46. The highest BCUT2D eigenvalue weighted by Crippen LogP contribution is 2.28. The van der Waals surface area contributed by atoms with Crippen LogP contribution in [0.5, 0.6) is 5.75 Å². The smallest absolute Gasteiger partial charge is 0.422 e. The van der Waals surface area contributed by atoms with E-state index in [1.54, 1.807) is 20.8 Å². The van der Waals surface area contributed by atoms with Crippen LogP contribution in [0, 0.1) is 10.1 Å². The van der Waals surface area contributed by atoms with Crippen LogP contribution in [0.2, 0.25) is 0 Å². The van der Waals surface area contributed by atoms with E-state index in [1.807, 2.05) is 0 Å². The quantitative estimate of drug-likeness (QED) is 0.665. The number of anilines is 1. The average molecular weight is 336 g/mol. The number of halogens is 3. The van der Waals surface area contributed by atoms with Crippen LogP contribution in [0.25, 0.3) is 0 Å². The molecular formula is C13H15F3N2O5. The van der Waals surface area contributed by atoms with Crippen molar-refractivity contribution in [2.75, 3.05) is 11.9 Å². The summed E-state index contributed by atoms with van der Waals surface area (Å²) >= 11 is 0. The number of nitrogens with zero attached hydrogens (tertiary/aromatic N) is 1. The molecule has 1 rings (SSSR count). The lowest BCUT2D eigenvalue weighted by molar-refractivity contribution is -0.384. The second kappa shape index (κ2) is 6.71. The SMILES string of the molecule is CC(C)(C)OC(=O)Nc1cc(OCC(F)(F)F)cc([N+](=O)[O-])c1. The van der Waals surface area contributed by atoms with E-state index < -0.39 is 40.8 Å². The number of carbonyl (C=O) groups excluding carboxylic acids is 1. The van der Waals surface area contributed by atoms with Crippen LogP contribution in [-0.4, -0.2) is 29.4 Å². The lowest BCUT2D eigenvalue weighted by atomic mass is 10.2. The number of alkyl halides is 3. The second-order valence-corrected chi connectivity index (χ2v) is 5.50. The molecule has 1 aromatic rings. The minimum atomic E-state index is -4.59. The molecule has 128 valence electrons. The maximum absolute atomic E-state index is 12.1. The van der Waals surface area contributed by atoms with E-state index in [2.05, 4.69) is 10.1 Å². The van der Waals surface area contributed by atoms with Gasteiger partial charge in [-0.1, -0.05) is 0 Å². The Labute approximate surface area is 129 Å². The van der Waals surface area contributed by atoms with Crippen molar-refractivity contribution in [3.05, 3.63) is 28.3 Å². The van der Waals surface area contributed by atoms with Crippen molar-refractivity contribution in [3.8, 4) is 5.75 Å². The van der Waals surface area contributed by atoms with E-state index in [0.29, 0.717) is 0 Å². The van der Waals surface area contributed by atoms with Gasteiger partial charge in [-0.25, -0.2) is 4.79 Å². The highest BCUT2D eigenvalue weighted by atomic mass is 19.4. The van der Waals surface area contributed by atoms with Gasteiger partial charge in [-0.2, -0.15) is 13.2 Å². The Hall–Kier alpha value is -2.52. The minimum absolute atomic E-state index is 0.120. The second-order valence-electron chi connectivity index (χ2n) is 5.50. The van der Waals surface area contributed by atoms with Gasteiger partial charge in [0.05, 0.1) is 16.7 Å². The fraction of sp³-hybridized carbons (Fsp3) is 0.462. The molecule has 0 fully saturated rings. The number of ether oxygens (including phenoxy) is 2. The Morgan fingerprint density at radius 2 is 1.87 bits per heavy atom. The number of carbonyl (C=O) groups is 1. The molecular weight excluding hydrogens is 321 g/mol. The van der Waals surface area contributed by atoms with Crippen LogP contribution < -0.4 is 10.1 Å². The van der Waals surface area contributed by atoms with Crippen molar-refractivity contribution in [3.63, 3.8) is 0 Å². The van der Waals surface area contributed by atoms with Gasteiger partial charge < -0.3 is 9.47 Å². The molecule has 0 aliphatic carbocycles. The molecule has 1 N–H and O–H groups in total. The molecule has 7 nitrogen and oxygen atoms in total. The summed E-state index contributed by atoms with van der Waals surface area (Å²) in [5.74, 6) is -0.400. The molecule has 0 bridgehead atoms. The van der Waals surface area contributed by atoms with Crippen LogP contribution in [0.4, 0.5) is 29.3 Å². The molecule has 0 unspecified atom stereocenters. The molecule has 0 atom stereocenters. The number of benzene rings is 1. The third kappa shape index (κ3) is 7.34. The van der Waals surface area contributed by atoms with Crippen LogP contribution >= 0.6 is 0 Å². The molecule has 0 aromatic heterocycles. The molecule has 0 saturated heterocycles. The maximum atomic E-state index is 12.1. The van der Waals surface area contributed by atoms with Gasteiger partial charge in [-0.05, 0) is 20.8 Å². The molecule has 0 radical (unpaired) electrons. The summed E-state index contributed by atoms with van der Waals surface area (Å²) in [7, 11) is 0. The van der Waals surface area contributed by atoms with Gasteiger partial charge >= 0.3 is 12.3 Å². The van der Waals surface area contributed by atoms with Gasteiger partial charge in [0, 0.05) is 12.1 Å². The molecule has 0 spiro atoms. The summed E-state index contributed by atoms with van der Waals surface area (Å²) in [4.78, 5) is 21.6. The largest absolute Gasteiger partial charge is 0.484 e. The Bertz CT molecular complexity index is 596. The Morgan fingerprint density at radius 3 is 2.35 bits per heavy atom. The third-order valence-electron chi connectivity index (χ3n) is 2.15. The molecule has 0 saturated carbocycles. The highest BCUT2D eigenvalue weighted by Gasteiger charge is 2.29. The van der Waals surface area contributed by atoms with E-state index >= 15 is 0 Å². The number of nitrogens with one attached hydrogen (secondary N) is 1. The molecule has 10 heteroatoms. The molecule has 0 aliphatic heterocycles. The molecule has 23 heavy (non-hydrogen) atoms. The van der Waals surface area contributed by atoms with E-state index in [1.165, 1.54) is 0 Å². The summed E-state index contributed by atoms with van der Waals surface area (Å²) in [5, 5.41) is 13.0. The molecule has 1 amide bonds. The first kappa shape index (κ1) is 18.5. The Balaban J connectivity index is 2.96. The van der Waals surface area contributed by atoms with Crippen molar-refractivity contribution in [1.29, 1.82) is 0 Å². The number of amides is 1. The highest BCUT2D eigenvalue weighted by molar-refractivity contribution is 5.85.